The number of fused-ring (bicyclic) bond motifs is 1. The normalized spacial score (nSPS) is 13.2. The van der Waals surface area contributed by atoms with E-state index >= 15 is 0 Å². The molecule has 14 heteroatoms. The average Bonchev–Trinajstić information content (AvgIpc) is 3.36. The number of nitrogens with zero attached hydrogens (tertiary/aromatic N) is 4. The Bertz CT molecular complexity index is 1670. The molecule has 0 bridgehead atoms. The number of hydrogen-bond acceptors (Lipinski definition) is 9. The second kappa shape index (κ2) is 11.4. The van der Waals surface area contributed by atoms with Crippen molar-refractivity contribution in [3.63, 3.8) is 0 Å². The predicted molar refractivity (Wildman–Crippen MR) is 145 cm³/mol. The summed E-state index contributed by atoms with van der Waals surface area (Å²) in [5, 5.41) is 9.79. The topological polar surface area (TPSA) is 168 Å². The number of carboxylic acids is 1. The Morgan fingerprint density at radius 1 is 1.15 bits per heavy atom. The highest BCUT2D eigenvalue weighted by Crippen LogP contribution is 2.30. The van der Waals surface area contributed by atoms with Crippen LogP contribution in [-0.4, -0.2) is 69.7 Å². The third-order valence-electron chi connectivity index (χ3n) is 6.13. The zero-order chi connectivity index (χ0) is 28.3. The van der Waals surface area contributed by atoms with E-state index in [0.717, 1.165) is 0 Å². The molecule has 206 valence electrons. The van der Waals surface area contributed by atoms with Crippen molar-refractivity contribution in [3.05, 3.63) is 70.5 Å². The number of hydrogen-bond donors (Lipinski definition) is 2. The van der Waals surface area contributed by atoms with Crippen molar-refractivity contribution in [2.24, 2.45) is 11.7 Å². The van der Waals surface area contributed by atoms with Gasteiger partial charge < -0.3 is 20.3 Å². The summed E-state index contributed by atoms with van der Waals surface area (Å²) >= 11 is 5.94. The van der Waals surface area contributed by atoms with Crippen LogP contribution in [-0.2, 0) is 14.6 Å². The minimum absolute atomic E-state index is 0.155. The Morgan fingerprint density at radius 2 is 1.92 bits per heavy atom. The number of sulfone groups is 1. The summed E-state index contributed by atoms with van der Waals surface area (Å²) in [5.74, 6) is -2.49. The molecule has 0 saturated carbocycles. The van der Waals surface area contributed by atoms with Crippen LogP contribution in [0, 0.1) is 5.92 Å². The van der Waals surface area contributed by atoms with Crippen molar-refractivity contribution < 1.29 is 27.8 Å². The molecule has 3 aromatic heterocycles. The van der Waals surface area contributed by atoms with Crippen LogP contribution in [0.5, 0.6) is 11.5 Å². The standard InChI is InChI=1S/C25H26ClN5O7S/c1-3-39(35,36)13-15(23(27)24(32)33)12-38-20-8-5-17(10-21(20)37-2)30-14-29-22-9-7-19(31(22)25(30)34)18-6-4-16(26)11-28-18/h4-11,14-15,23H,3,12-13,27H2,1-2H3,(H,32,33)/t15-,23?/m0/s1. The minimum atomic E-state index is -3.52. The summed E-state index contributed by atoms with van der Waals surface area (Å²) in [6.45, 7) is 1.19. The van der Waals surface area contributed by atoms with E-state index in [1.807, 2.05) is 0 Å². The van der Waals surface area contributed by atoms with Gasteiger partial charge in [-0.2, -0.15) is 0 Å². The van der Waals surface area contributed by atoms with Gasteiger partial charge in [-0.15, -0.1) is 0 Å². The lowest BCUT2D eigenvalue weighted by Gasteiger charge is -2.22. The van der Waals surface area contributed by atoms with Crippen LogP contribution in [0.3, 0.4) is 0 Å². The molecule has 4 rings (SSSR count). The molecule has 2 atom stereocenters. The first-order valence-electron chi connectivity index (χ1n) is 11.8. The van der Waals surface area contributed by atoms with Crippen LogP contribution < -0.4 is 20.9 Å². The lowest BCUT2D eigenvalue weighted by atomic mass is 10.0. The number of benzene rings is 1. The number of methoxy groups -OCH3 is 1. The van der Waals surface area contributed by atoms with Gasteiger partial charge >= 0.3 is 11.7 Å². The van der Waals surface area contributed by atoms with Gasteiger partial charge in [-0.25, -0.2) is 22.6 Å². The fourth-order valence-corrected chi connectivity index (χ4v) is 5.23. The van der Waals surface area contributed by atoms with Gasteiger partial charge in [0.15, 0.2) is 21.3 Å². The summed E-state index contributed by atoms with van der Waals surface area (Å²) < 4.78 is 38.2. The van der Waals surface area contributed by atoms with Gasteiger partial charge in [0.25, 0.3) is 0 Å². The first-order valence-corrected chi connectivity index (χ1v) is 14.0. The van der Waals surface area contributed by atoms with E-state index < -0.39 is 39.2 Å². The van der Waals surface area contributed by atoms with E-state index in [9.17, 15) is 23.1 Å². The molecule has 1 aromatic carbocycles. The monoisotopic (exact) mass is 575 g/mol. The Kier molecular flexibility index (Phi) is 8.23. The van der Waals surface area contributed by atoms with Crippen molar-refractivity contribution in [1.29, 1.82) is 0 Å². The molecule has 0 spiro atoms. The molecule has 0 amide bonds. The van der Waals surface area contributed by atoms with Gasteiger partial charge in [-0.3, -0.25) is 14.3 Å². The molecule has 4 aromatic rings. The highest BCUT2D eigenvalue weighted by molar-refractivity contribution is 7.91. The molecule has 0 aliphatic rings. The van der Waals surface area contributed by atoms with Gasteiger partial charge in [0.2, 0.25) is 0 Å². The number of carbonyl (C=O) groups is 1. The third-order valence-corrected chi connectivity index (χ3v) is 8.17. The van der Waals surface area contributed by atoms with Gasteiger partial charge in [-0.1, -0.05) is 18.5 Å². The molecular weight excluding hydrogens is 550 g/mol. The minimum Gasteiger partial charge on any atom is -0.493 e. The largest absolute Gasteiger partial charge is 0.493 e. The smallest absolute Gasteiger partial charge is 0.340 e. The second-order valence-corrected chi connectivity index (χ2v) is 11.5. The van der Waals surface area contributed by atoms with E-state index in [1.165, 1.54) is 41.6 Å². The van der Waals surface area contributed by atoms with Crippen molar-refractivity contribution in [2.45, 2.75) is 13.0 Å². The van der Waals surface area contributed by atoms with Gasteiger partial charge in [-0.05, 0) is 36.4 Å². The fourth-order valence-electron chi connectivity index (χ4n) is 3.93. The quantitative estimate of drug-likeness (QED) is 0.270. The van der Waals surface area contributed by atoms with Crippen molar-refractivity contribution in [1.82, 2.24) is 18.9 Å². The number of halogens is 1. The van der Waals surface area contributed by atoms with E-state index in [2.05, 4.69) is 9.97 Å². The maximum absolute atomic E-state index is 13.5. The summed E-state index contributed by atoms with van der Waals surface area (Å²) in [6, 6.07) is 10.0. The fraction of sp³-hybridized carbons (Fsp3) is 0.280. The number of ether oxygens (including phenoxy) is 2. The van der Waals surface area contributed by atoms with Crippen LogP contribution in [0.25, 0.3) is 22.7 Å². The maximum atomic E-state index is 13.5. The van der Waals surface area contributed by atoms with E-state index in [1.54, 1.807) is 36.4 Å². The maximum Gasteiger partial charge on any atom is 0.340 e. The summed E-state index contributed by atoms with van der Waals surface area (Å²) in [7, 11) is -2.12. The van der Waals surface area contributed by atoms with Crippen molar-refractivity contribution >= 4 is 33.1 Å². The second-order valence-electron chi connectivity index (χ2n) is 8.64. The Labute approximate surface area is 228 Å². The van der Waals surface area contributed by atoms with Crippen LogP contribution in [0.15, 0.2) is 59.8 Å². The Hall–Kier alpha value is -3.94. The van der Waals surface area contributed by atoms with Gasteiger partial charge in [0.1, 0.15) is 18.0 Å². The van der Waals surface area contributed by atoms with Gasteiger partial charge in [0.05, 0.1) is 41.6 Å². The van der Waals surface area contributed by atoms with E-state index in [4.69, 9.17) is 26.8 Å². The molecule has 0 fully saturated rings. The number of aliphatic carboxylic acids is 1. The SMILES string of the molecule is CCS(=O)(=O)C[C@H](COc1ccc(-n2cnc3ccc(-c4ccc(Cl)cn4)n3c2=O)cc1OC)C(N)C(=O)O. The first kappa shape index (κ1) is 28.1. The molecule has 0 aliphatic heterocycles. The lowest BCUT2D eigenvalue weighted by molar-refractivity contribution is -0.139. The Balaban J connectivity index is 1.66. The van der Waals surface area contributed by atoms with Crippen molar-refractivity contribution in [2.75, 3.05) is 25.2 Å². The molecule has 0 aliphatic carbocycles. The zero-order valence-corrected chi connectivity index (χ0v) is 22.6. The van der Waals surface area contributed by atoms with Crippen LogP contribution in [0.2, 0.25) is 5.02 Å². The molecule has 0 saturated heterocycles. The van der Waals surface area contributed by atoms with E-state index in [0.29, 0.717) is 27.7 Å². The highest BCUT2D eigenvalue weighted by Gasteiger charge is 2.29. The van der Waals surface area contributed by atoms with E-state index in [-0.39, 0.29) is 23.9 Å². The Morgan fingerprint density at radius 3 is 2.56 bits per heavy atom. The molecule has 39 heavy (non-hydrogen) atoms. The number of aromatic nitrogens is 4. The van der Waals surface area contributed by atoms with Gasteiger partial charge in [0, 0.05) is 23.9 Å². The molecular formula is C25H26ClN5O7S. The van der Waals surface area contributed by atoms with Crippen LogP contribution >= 0.6 is 11.6 Å². The number of rotatable bonds is 11. The molecule has 3 heterocycles. The molecule has 1 unspecified atom stereocenters. The van der Waals surface area contributed by atoms with Crippen molar-refractivity contribution in [3.8, 4) is 28.6 Å². The average molecular weight is 576 g/mol. The molecule has 3 N–H and O–H groups in total. The predicted octanol–water partition coefficient (Wildman–Crippen LogP) is 2.05. The third kappa shape index (κ3) is 6.05. The highest BCUT2D eigenvalue weighted by atomic mass is 35.5. The lowest BCUT2D eigenvalue weighted by Crippen LogP contribution is -2.44. The summed E-state index contributed by atoms with van der Waals surface area (Å²) in [5.41, 5.74) is 7.24. The zero-order valence-electron chi connectivity index (χ0n) is 21.0. The first-order chi connectivity index (χ1) is 18.5. The number of pyridine rings is 1. The summed E-state index contributed by atoms with van der Waals surface area (Å²) in [6.07, 6.45) is 2.86. The molecule has 0 radical (unpaired) electrons. The van der Waals surface area contributed by atoms with Crippen LogP contribution in [0.1, 0.15) is 6.92 Å². The summed E-state index contributed by atoms with van der Waals surface area (Å²) in [4.78, 5) is 33.6. The molecule has 12 nitrogen and oxygen atoms in total. The number of nitrogens with two attached hydrogens (primary N) is 1. The number of carboxylic acid groups (broad SMARTS) is 1. The van der Waals surface area contributed by atoms with Crippen LogP contribution in [0.4, 0.5) is 0 Å².